The van der Waals surface area contributed by atoms with Crippen molar-refractivity contribution in [3.63, 3.8) is 0 Å². The van der Waals surface area contributed by atoms with E-state index in [2.05, 4.69) is 5.32 Å². The second-order valence-corrected chi connectivity index (χ2v) is 4.15. The third-order valence-corrected chi connectivity index (χ3v) is 2.84. The normalized spacial score (nSPS) is 10.1. The van der Waals surface area contributed by atoms with Crippen molar-refractivity contribution in [2.75, 3.05) is 16.8 Å². The Labute approximate surface area is 110 Å². The van der Waals surface area contributed by atoms with Crippen molar-refractivity contribution in [3.8, 4) is 0 Å². The van der Waals surface area contributed by atoms with Crippen LogP contribution >= 0.6 is 11.6 Å². The standard InChI is InChI=1S/C13H12ClN3O/c14-9-5-1-2-7-11(9)17-13(18)8-4-3-6-10(15)12(8)16/h1-7H,15-16H2,(H,17,18). The summed E-state index contributed by atoms with van der Waals surface area (Å²) >= 11 is 5.96. The van der Waals surface area contributed by atoms with Crippen LogP contribution in [0.15, 0.2) is 42.5 Å². The number of rotatable bonds is 2. The smallest absolute Gasteiger partial charge is 0.257 e. The number of carbonyl (C=O) groups is 1. The van der Waals surface area contributed by atoms with E-state index in [1.54, 1.807) is 42.5 Å². The van der Waals surface area contributed by atoms with Gasteiger partial charge < -0.3 is 16.8 Å². The van der Waals surface area contributed by atoms with E-state index in [-0.39, 0.29) is 11.6 Å². The molecule has 5 heteroatoms. The average molecular weight is 262 g/mol. The summed E-state index contributed by atoms with van der Waals surface area (Å²) in [6.07, 6.45) is 0. The Morgan fingerprint density at radius 2 is 1.78 bits per heavy atom. The van der Waals surface area contributed by atoms with Crippen molar-refractivity contribution in [2.24, 2.45) is 0 Å². The van der Waals surface area contributed by atoms with Gasteiger partial charge >= 0.3 is 0 Å². The lowest BCUT2D eigenvalue weighted by Gasteiger charge is -2.10. The maximum Gasteiger partial charge on any atom is 0.257 e. The van der Waals surface area contributed by atoms with Gasteiger partial charge in [0.1, 0.15) is 0 Å². The highest BCUT2D eigenvalue weighted by molar-refractivity contribution is 6.34. The van der Waals surface area contributed by atoms with E-state index in [4.69, 9.17) is 23.1 Å². The molecule has 2 rings (SSSR count). The number of nitrogen functional groups attached to an aromatic ring is 2. The van der Waals surface area contributed by atoms with Crippen molar-refractivity contribution in [2.45, 2.75) is 0 Å². The fourth-order valence-corrected chi connectivity index (χ4v) is 1.72. The first-order chi connectivity index (χ1) is 8.59. The van der Waals surface area contributed by atoms with E-state index in [1.807, 2.05) is 0 Å². The molecular weight excluding hydrogens is 250 g/mol. The summed E-state index contributed by atoms with van der Waals surface area (Å²) in [7, 11) is 0. The van der Waals surface area contributed by atoms with Crippen molar-refractivity contribution in [3.05, 3.63) is 53.1 Å². The maximum absolute atomic E-state index is 12.0. The Kier molecular flexibility index (Phi) is 3.39. The molecule has 4 nitrogen and oxygen atoms in total. The molecule has 2 aromatic rings. The molecule has 2 aromatic carbocycles. The SMILES string of the molecule is Nc1cccc(C(=O)Nc2ccccc2Cl)c1N. The zero-order chi connectivity index (χ0) is 13.1. The summed E-state index contributed by atoms with van der Waals surface area (Å²) in [5, 5.41) is 3.15. The van der Waals surface area contributed by atoms with Gasteiger partial charge in [-0.1, -0.05) is 29.8 Å². The van der Waals surface area contributed by atoms with Gasteiger partial charge in [0.15, 0.2) is 0 Å². The van der Waals surface area contributed by atoms with Crippen LogP contribution < -0.4 is 16.8 Å². The molecule has 92 valence electrons. The number of amides is 1. The molecule has 5 N–H and O–H groups in total. The largest absolute Gasteiger partial charge is 0.397 e. The van der Waals surface area contributed by atoms with Gasteiger partial charge in [-0.25, -0.2) is 0 Å². The van der Waals surface area contributed by atoms with E-state index in [1.165, 1.54) is 0 Å². The number of nitrogens with one attached hydrogen (secondary N) is 1. The van der Waals surface area contributed by atoms with Crippen molar-refractivity contribution in [1.82, 2.24) is 0 Å². The number of hydrogen-bond acceptors (Lipinski definition) is 3. The molecule has 0 fully saturated rings. The van der Waals surface area contributed by atoms with E-state index in [9.17, 15) is 4.79 Å². The molecule has 0 saturated carbocycles. The van der Waals surface area contributed by atoms with Crippen LogP contribution in [-0.2, 0) is 0 Å². The molecule has 0 aromatic heterocycles. The van der Waals surface area contributed by atoms with Crippen LogP contribution in [0.4, 0.5) is 17.1 Å². The lowest BCUT2D eigenvalue weighted by Crippen LogP contribution is -2.15. The van der Waals surface area contributed by atoms with Crippen LogP contribution in [0.2, 0.25) is 5.02 Å². The van der Waals surface area contributed by atoms with Gasteiger partial charge in [0, 0.05) is 0 Å². The quantitative estimate of drug-likeness (QED) is 0.727. The Morgan fingerprint density at radius 1 is 1.06 bits per heavy atom. The first-order valence-electron chi connectivity index (χ1n) is 5.29. The maximum atomic E-state index is 12.0. The third kappa shape index (κ3) is 2.38. The number of nitrogens with two attached hydrogens (primary N) is 2. The topological polar surface area (TPSA) is 81.1 Å². The zero-order valence-electron chi connectivity index (χ0n) is 9.48. The zero-order valence-corrected chi connectivity index (χ0v) is 10.2. The molecule has 0 spiro atoms. The number of benzene rings is 2. The second kappa shape index (κ2) is 4.98. The van der Waals surface area contributed by atoms with Crippen LogP contribution in [0.3, 0.4) is 0 Å². The number of para-hydroxylation sites is 2. The van der Waals surface area contributed by atoms with Gasteiger partial charge in [-0.3, -0.25) is 4.79 Å². The molecular formula is C13H12ClN3O. The number of anilines is 3. The minimum atomic E-state index is -0.340. The molecule has 1 amide bonds. The Bertz CT molecular complexity index is 599. The lowest BCUT2D eigenvalue weighted by atomic mass is 10.1. The molecule has 18 heavy (non-hydrogen) atoms. The highest BCUT2D eigenvalue weighted by atomic mass is 35.5. The molecule has 0 aliphatic heterocycles. The first-order valence-corrected chi connectivity index (χ1v) is 5.67. The average Bonchev–Trinajstić information content (AvgIpc) is 2.35. The van der Waals surface area contributed by atoms with E-state index in [0.717, 1.165) is 0 Å². The third-order valence-electron chi connectivity index (χ3n) is 2.51. The first kappa shape index (κ1) is 12.3. The van der Waals surface area contributed by atoms with Crippen LogP contribution in [-0.4, -0.2) is 5.91 Å². The van der Waals surface area contributed by atoms with Crippen LogP contribution in [0.5, 0.6) is 0 Å². The predicted octanol–water partition coefficient (Wildman–Crippen LogP) is 2.76. The Balaban J connectivity index is 2.28. The van der Waals surface area contributed by atoms with Crippen LogP contribution in [0.25, 0.3) is 0 Å². The summed E-state index contributed by atoms with van der Waals surface area (Å²) in [6.45, 7) is 0. The molecule has 0 atom stereocenters. The van der Waals surface area contributed by atoms with Gasteiger partial charge in [0.2, 0.25) is 0 Å². The van der Waals surface area contributed by atoms with Gasteiger partial charge in [-0.15, -0.1) is 0 Å². The fourth-order valence-electron chi connectivity index (χ4n) is 1.53. The number of hydrogen-bond donors (Lipinski definition) is 3. The molecule has 0 radical (unpaired) electrons. The predicted molar refractivity (Wildman–Crippen MR) is 74.7 cm³/mol. The number of halogens is 1. The summed E-state index contributed by atoms with van der Waals surface area (Å²) in [4.78, 5) is 12.0. The lowest BCUT2D eigenvalue weighted by molar-refractivity contribution is 0.102. The van der Waals surface area contributed by atoms with Crippen molar-refractivity contribution < 1.29 is 4.79 Å². The van der Waals surface area contributed by atoms with Crippen molar-refractivity contribution >= 4 is 34.6 Å². The van der Waals surface area contributed by atoms with Crippen molar-refractivity contribution in [1.29, 1.82) is 0 Å². The summed E-state index contributed by atoms with van der Waals surface area (Å²) in [6, 6.07) is 11.9. The Hall–Kier alpha value is -2.20. The molecule has 0 aliphatic rings. The number of carbonyl (C=O) groups excluding carboxylic acids is 1. The van der Waals surface area contributed by atoms with E-state index in [0.29, 0.717) is 22.0 Å². The molecule has 0 saturated heterocycles. The van der Waals surface area contributed by atoms with E-state index < -0.39 is 0 Å². The van der Waals surface area contributed by atoms with Gasteiger partial charge in [-0.2, -0.15) is 0 Å². The molecule has 0 heterocycles. The highest BCUT2D eigenvalue weighted by Crippen LogP contribution is 2.24. The summed E-state index contributed by atoms with van der Waals surface area (Å²) < 4.78 is 0. The summed E-state index contributed by atoms with van der Waals surface area (Å²) in [5.41, 5.74) is 12.9. The van der Waals surface area contributed by atoms with Crippen LogP contribution in [0, 0.1) is 0 Å². The van der Waals surface area contributed by atoms with Gasteiger partial charge in [-0.05, 0) is 24.3 Å². The molecule has 0 unspecified atom stereocenters. The Morgan fingerprint density at radius 3 is 2.50 bits per heavy atom. The minimum Gasteiger partial charge on any atom is -0.397 e. The molecule has 0 aliphatic carbocycles. The van der Waals surface area contributed by atoms with E-state index >= 15 is 0 Å². The minimum absolute atomic E-state index is 0.266. The van der Waals surface area contributed by atoms with Gasteiger partial charge in [0.05, 0.1) is 27.6 Å². The highest BCUT2D eigenvalue weighted by Gasteiger charge is 2.12. The second-order valence-electron chi connectivity index (χ2n) is 3.74. The van der Waals surface area contributed by atoms with Crippen LogP contribution in [0.1, 0.15) is 10.4 Å². The van der Waals surface area contributed by atoms with Gasteiger partial charge in [0.25, 0.3) is 5.91 Å². The summed E-state index contributed by atoms with van der Waals surface area (Å²) in [5.74, 6) is -0.340. The molecule has 0 bridgehead atoms. The fraction of sp³-hybridized carbons (Fsp3) is 0. The monoisotopic (exact) mass is 261 g/mol.